The van der Waals surface area contributed by atoms with Gasteiger partial charge in [0, 0.05) is 27.6 Å². The molecule has 12 heteroatoms. The molecule has 1 amide bonds. The Kier molecular flexibility index (Phi) is 6.50. The number of halogens is 2. The van der Waals surface area contributed by atoms with Crippen molar-refractivity contribution in [2.45, 2.75) is 6.54 Å². The lowest BCUT2D eigenvalue weighted by atomic mass is 10.1. The first-order valence-electron chi connectivity index (χ1n) is 9.32. The van der Waals surface area contributed by atoms with Crippen molar-refractivity contribution >= 4 is 62.6 Å². The summed E-state index contributed by atoms with van der Waals surface area (Å²) in [5.74, 6) is -0.568. The fourth-order valence-electron chi connectivity index (χ4n) is 3.04. The molecule has 9 nitrogen and oxygen atoms in total. The normalized spacial score (nSPS) is 11.2. The number of amides is 1. The number of nitrogens with zero attached hydrogens (tertiary/aromatic N) is 4. The number of benzene rings is 2. The molecule has 0 saturated carbocycles. The van der Waals surface area contributed by atoms with Crippen molar-refractivity contribution in [3.8, 4) is 11.1 Å². The molecule has 2 heterocycles. The van der Waals surface area contributed by atoms with E-state index in [0.717, 1.165) is 5.56 Å². The van der Waals surface area contributed by atoms with E-state index in [2.05, 4.69) is 15.5 Å². The first-order valence-corrected chi connectivity index (χ1v) is 11.0. The summed E-state index contributed by atoms with van der Waals surface area (Å²) in [5, 5.41) is 17.6. The molecule has 0 bridgehead atoms. The van der Waals surface area contributed by atoms with Crippen LogP contribution < -0.4 is 11.0 Å². The SMILES string of the molecule is O=C(Cn1cnc2scc(-c3ccc(Cl)cc3)c2c1=O)N/N=C/c1ccc(Cl)c([N+](=O)[O-])c1. The van der Waals surface area contributed by atoms with Crippen molar-refractivity contribution in [2.75, 3.05) is 0 Å². The summed E-state index contributed by atoms with van der Waals surface area (Å²) >= 11 is 13.1. The van der Waals surface area contributed by atoms with Crippen molar-refractivity contribution in [1.29, 1.82) is 0 Å². The van der Waals surface area contributed by atoms with Crippen LogP contribution in [0.4, 0.5) is 5.69 Å². The van der Waals surface area contributed by atoms with Gasteiger partial charge >= 0.3 is 0 Å². The fraction of sp³-hybridized carbons (Fsp3) is 0.0476. The van der Waals surface area contributed by atoms with Gasteiger partial charge < -0.3 is 0 Å². The van der Waals surface area contributed by atoms with Crippen LogP contribution >= 0.6 is 34.5 Å². The predicted octanol–water partition coefficient (Wildman–Crippen LogP) is 4.49. The Hall–Kier alpha value is -3.60. The summed E-state index contributed by atoms with van der Waals surface area (Å²) in [6, 6.07) is 11.2. The van der Waals surface area contributed by atoms with Crippen molar-refractivity contribution < 1.29 is 9.72 Å². The van der Waals surface area contributed by atoms with Crippen LogP contribution in [0.3, 0.4) is 0 Å². The van der Waals surface area contributed by atoms with Crippen LogP contribution in [0.2, 0.25) is 10.0 Å². The summed E-state index contributed by atoms with van der Waals surface area (Å²) in [6.07, 6.45) is 2.54. The number of rotatable bonds is 6. The zero-order chi connectivity index (χ0) is 23.5. The van der Waals surface area contributed by atoms with Crippen molar-refractivity contribution in [3.05, 3.63) is 90.2 Å². The van der Waals surface area contributed by atoms with E-state index in [0.29, 0.717) is 26.4 Å². The number of hydrazone groups is 1. The summed E-state index contributed by atoms with van der Waals surface area (Å²) < 4.78 is 1.19. The van der Waals surface area contributed by atoms with Crippen LogP contribution in [0.5, 0.6) is 0 Å². The molecule has 33 heavy (non-hydrogen) atoms. The summed E-state index contributed by atoms with van der Waals surface area (Å²) in [5.41, 5.74) is 3.55. The number of hydrogen-bond donors (Lipinski definition) is 1. The highest BCUT2D eigenvalue weighted by atomic mass is 35.5. The molecule has 0 spiro atoms. The average Bonchev–Trinajstić information content (AvgIpc) is 3.22. The Balaban J connectivity index is 1.52. The van der Waals surface area contributed by atoms with Crippen molar-refractivity contribution in [2.24, 2.45) is 5.10 Å². The minimum Gasteiger partial charge on any atom is -0.289 e. The molecular formula is C21H13Cl2N5O4S. The minimum absolute atomic E-state index is 0.00477. The first kappa shape index (κ1) is 22.6. The lowest BCUT2D eigenvalue weighted by Crippen LogP contribution is -2.30. The summed E-state index contributed by atoms with van der Waals surface area (Å²) in [6.45, 7) is -0.310. The fourth-order valence-corrected chi connectivity index (χ4v) is 4.26. The van der Waals surface area contributed by atoms with Crippen LogP contribution in [0.25, 0.3) is 21.3 Å². The van der Waals surface area contributed by atoms with Crippen LogP contribution in [-0.2, 0) is 11.3 Å². The molecule has 166 valence electrons. The quantitative estimate of drug-likeness (QED) is 0.237. The number of nitro groups is 1. The molecule has 0 saturated heterocycles. The minimum atomic E-state index is -0.615. The van der Waals surface area contributed by atoms with E-state index in [1.165, 1.54) is 46.6 Å². The van der Waals surface area contributed by atoms with Gasteiger partial charge in [0.1, 0.15) is 16.4 Å². The van der Waals surface area contributed by atoms with E-state index in [4.69, 9.17) is 23.2 Å². The zero-order valence-corrected chi connectivity index (χ0v) is 18.9. The molecule has 0 fully saturated rings. The Morgan fingerprint density at radius 1 is 1.24 bits per heavy atom. The lowest BCUT2D eigenvalue weighted by molar-refractivity contribution is -0.384. The van der Waals surface area contributed by atoms with E-state index < -0.39 is 10.8 Å². The van der Waals surface area contributed by atoms with Crippen LogP contribution in [0, 0.1) is 10.1 Å². The van der Waals surface area contributed by atoms with E-state index in [-0.39, 0.29) is 22.8 Å². The Morgan fingerprint density at radius 2 is 2.00 bits per heavy atom. The third kappa shape index (κ3) is 4.92. The van der Waals surface area contributed by atoms with Crippen LogP contribution in [-0.4, -0.2) is 26.6 Å². The van der Waals surface area contributed by atoms with Gasteiger partial charge in [0.25, 0.3) is 17.2 Å². The molecule has 0 aliphatic carbocycles. The van der Waals surface area contributed by atoms with E-state index >= 15 is 0 Å². The van der Waals surface area contributed by atoms with Gasteiger partial charge in [-0.2, -0.15) is 5.10 Å². The van der Waals surface area contributed by atoms with Gasteiger partial charge in [-0.15, -0.1) is 11.3 Å². The molecule has 0 radical (unpaired) electrons. The lowest BCUT2D eigenvalue weighted by Gasteiger charge is -2.05. The predicted molar refractivity (Wildman–Crippen MR) is 128 cm³/mol. The second kappa shape index (κ2) is 9.49. The third-order valence-electron chi connectivity index (χ3n) is 4.60. The molecule has 2 aromatic carbocycles. The number of aromatic nitrogens is 2. The van der Waals surface area contributed by atoms with Gasteiger partial charge in [0.15, 0.2) is 0 Å². The molecule has 2 aromatic heterocycles. The van der Waals surface area contributed by atoms with Crippen molar-refractivity contribution in [1.82, 2.24) is 15.0 Å². The second-order valence-corrected chi connectivity index (χ2v) is 8.48. The second-order valence-electron chi connectivity index (χ2n) is 6.78. The number of thiophene rings is 1. The third-order valence-corrected chi connectivity index (χ3v) is 6.06. The smallest absolute Gasteiger partial charge is 0.288 e. The average molecular weight is 502 g/mol. The molecule has 4 aromatic rings. The first-order chi connectivity index (χ1) is 15.8. The Labute approximate surface area is 200 Å². The molecule has 0 atom stereocenters. The van der Waals surface area contributed by atoms with Crippen molar-refractivity contribution in [3.63, 3.8) is 0 Å². The Morgan fingerprint density at radius 3 is 2.73 bits per heavy atom. The largest absolute Gasteiger partial charge is 0.289 e. The van der Waals surface area contributed by atoms with E-state index in [1.807, 2.05) is 17.5 Å². The molecule has 1 N–H and O–H groups in total. The monoisotopic (exact) mass is 501 g/mol. The maximum Gasteiger partial charge on any atom is 0.288 e. The Bertz CT molecular complexity index is 1460. The van der Waals surface area contributed by atoms with Gasteiger partial charge in [-0.3, -0.25) is 24.3 Å². The number of carbonyl (C=O) groups excluding carboxylic acids is 1. The molecule has 0 aliphatic heterocycles. The van der Waals surface area contributed by atoms with Gasteiger partial charge in [-0.25, -0.2) is 10.4 Å². The highest BCUT2D eigenvalue weighted by molar-refractivity contribution is 7.17. The molecule has 0 unspecified atom stereocenters. The standard InChI is InChI=1S/C21H13Cl2N5O4S/c22-14-4-2-13(3-5-14)15-10-33-20-19(15)21(30)27(11-24-20)9-18(29)26-25-8-12-1-6-16(23)17(7-12)28(31)32/h1-8,10-11H,9H2,(H,26,29)/b25-8+. The summed E-state index contributed by atoms with van der Waals surface area (Å²) in [4.78, 5) is 40.5. The van der Waals surface area contributed by atoms with Gasteiger partial charge in [0.05, 0.1) is 22.9 Å². The van der Waals surface area contributed by atoms with Crippen LogP contribution in [0.15, 0.2) is 64.1 Å². The van der Waals surface area contributed by atoms with E-state index in [1.54, 1.807) is 12.1 Å². The van der Waals surface area contributed by atoms with Gasteiger partial charge in [-0.05, 0) is 23.8 Å². The van der Waals surface area contributed by atoms with Crippen LogP contribution in [0.1, 0.15) is 5.56 Å². The van der Waals surface area contributed by atoms with Gasteiger partial charge in [0.2, 0.25) is 0 Å². The molecular weight excluding hydrogens is 489 g/mol. The molecule has 0 aliphatic rings. The number of nitro benzene ring substituents is 1. The number of nitrogens with one attached hydrogen (secondary N) is 1. The topological polar surface area (TPSA) is 119 Å². The van der Waals surface area contributed by atoms with E-state index in [9.17, 15) is 19.7 Å². The maximum atomic E-state index is 13.0. The highest BCUT2D eigenvalue weighted by Gasteiger charge is 2.15. The molecule has 4 rings (SSSR count). The summed E-state index contributed by atoms with van der Waals surface area (Å²) in [7, 11) is 0. The van der Waals surface area contributed by atoms with Gasteiger partial charge in [-0.1, -0.05) is 41.4 Å². The maximum absolute atomic E-state index is 13.0. The number of hydrogen-bond acceptors (Lipinski definition) is 7. The number of fused-ring (bicyclic) bond motifs is 1. The highest BCUT2D eigenvalue weighted by Crippen LogP contribution is 2.31. The number of carbonyl (C=O) groups is 1. The zero-order valence-electron chi connectivity index (χ0n) is 16.6.